The van der Waals surface area contributed by atoms with Gasteiger partial charge in [0.1, 0.15) is 11.4 Å². The first-order valence-electron chi connectivity index (χ1n) is 10.8. The summed E-state index contributed by atoms with van der Waals surface area (Å²) in [5.74, 6) is 0.341. The van der Waals surface area contributed by atoms with Crippen molar-refractivity contribution in [3.63, 3.8) is 0 Å². The second kappa shape index (κ2) is 8.28. The van der Waals surface area contributed by atoms with Crippen molar-refractivity contribution in [2.75, 3.05) is 13.1 Å². The number of hydrogen-bond donors (Lipinski definition) is 1. The molecular weight excluding hydrogens is 412 g/mol. The van der Waals surface area contributed by atoms with Crippen molar-refractivity contribution in [1.29, 1.82) is 0 Å². The number of nitrogens with one attached hydrogen (secondary N) is 1. The zero-order valence-corrected chi connectivity index (χ0v) is 19.1. The molecule has 0 saturated carbocycles. The maximum atomic E-state index is 13.2. The van der Waals surface area contributed by atoms with Gasteiger partial charge in [0.2, 0.25) is 15.9 Å². The third kappa shape index (κ3) is 4.62. The van der Waals surface area contributed by atoms with Crippen LogP contribution < -0.4 is 10.1 Å². The topological polar surface area (TPSA) is 75.7 Å². The van der Waals surface area contributed by atoms with Gasteiger partial charge in [-0.15, -0.1) is 0 Å². The van der Waals surface area contributed by atoms with E-state index >= 15 is 0 Å². The molecule has 1 fully saturated rings. The fourth-order valence-corrected chi connectivity index (χ4v) is 6.04. The highest BCUT2D eigenvalue weighted by Gasteiger charge is 2.38. The van der Waals surface area contributed by atoms with Crippen LogP contribution in [0.4, 0.5) is 0 Å². The Morgan fingerprint density at radius 3 is 2.65 bits per heavy atom. The number of fused-ring (bicyclic) bond motifs is 1. The van der Waals surface area contributed by atoms with E-state index in [4.69, 9.17) is 4.74 Å². The SMILES string of the molecule is Cc1ccc2c(c1)OC(C)(C)C[C@H]2NC(=O)[C@@H]1CCCN(S(=O)(=O)c2ccccc2)C1. The Bertz CT molecular complexity index is 1070. The van der Waals surface area contributed by atoms with Crippen LogP contribution >= 0.6 is 0 Å². The highest BCUT2D eigenvalue weighted by Crippen LogP contribution is 2.40. The summed E-state index contributed by atoms with van der Waals surface area (Å²) in [5, 5.41) is 3.19. The zero-order chi connectivity index (χ0) is 22.2. The van der Waals surface area contributed by atoms with Gasteiger partial charge in [-0.05, 0) is 57.4 Å². The number of rotatable bonds is 4. The number of ether oxygens (including phenoxy) is 1. The standard InChI is InChI=1S/C24H30N2O4S/c1-17-11-12-20-21(15-24(2,3)30-22(20)14-17)25-23(27)18-8-7-13-26(16-18)31(28,29)19-9-5-4-6-10-19/h4-6,9-12,14,18,21H,7-8,13,15-16H2,1-3H3,(H,25,27)/t18-,21-/m1/s1. The number of aryl methyl sites for hydroxylation is 1. The van der Waals surface area contributed by atoms with E-state index in [1.807, 2.05) is 39.0 Å². The number of nitrogens with zero attached hydrogens (tertiary/aromatic N) is 1. The maximum Gasteiger partial charge on any atom is 0.243 e. The van der Waals surface area contributed by atoms with E-state index in [0.29, 0.717) is 25.8 Å². The smallest absolute Gasteiger partial charge is 0.243 e. The van der Waals surface area contributed by atoms with E-state index < -0.39 is 15.6 Å². The lowest BCUT2D eigenvalue weighted by Crippen LogP contribution is -2.48. The van der Waals surface area contributed by atoms with Gasteiger partial charge in [0.05, 0.1) is 16.9 Å². The van der Waals surface area contributed by atoms with Gasteiger partial charge in [0, 0.05) is 25.1 Å². The summed E-state index contributed by atoms with van der Waals surface area (Å²) >= 11 is 0. The van der Waals surface area contributed by atoms with Gasteiger partial charge >= 0.3 is 0 Å². The van der Waals surface area contributed by atoms with Crippen LogP contribution in [0.5, 0.6) is 5.75 Å². The summed E-state index contributed by atoms with van der Waals surface area (Å²) in [6.45, 7) is 6.70. The van der Waals surface area contributed by atoms with Crippen LogP contribution in [-0.2, 0) is 14.8 Å². The summed E-state index contributed by atoms with van der Waals surface area (Å²) in [4.78, 5) is 13.5. The van der Waals surface area contributed by atoms with E-state index in [2.05, 4.69) is 5.32 Å². The monoisotopic (exact) mass is 442 g/mol. The molecule has 31 heavy (non-hydrogen) atoms. The molecule has 1 saturated heterocycles. The summed E-state index contributed by atoms with van der Waals surface area (Å²) in [6, 6.07) is 14.3. The quantitative estimate of drug-likeness (QED) is 0.781. The second-order valence-electron chi connectivity index (χ2n) is 9.18. The van der Waals surface area contributed by atoms with E-state index in [1.54, 1.807) is 30.3 Å². The summed E-state index contributed by atoms with van der Waals surface area (Å²) in [6.07, 6.45) is 2.01. The fraction of sp³-hybridized carbons (Fsp3) is 0.458. The van der Waals surface area contributed by atoms with Crippen LogP contribution in [-0.4, -0.2) is 37.3 Å². The molecule has 0 aliphatic carbocycles. The first-order chi connectivity index (χ1) is 14.7. The van der Waals surface area contributed by atoms with Crippen molar-refractivity contribution in [2.45, 2.75) is 56.6 Å². The average molecular weight is 443 g/mol. The fourth-order valence-electron chi connectivity index (χ4n) is 4.49. The molecule has 0 aromatic heterocycles. The Morgan fingerprint density at radius 2 is 1.90 bits per heavy atom. The van der Waals surface area contributed by atoms with Crippen molar-refractivity contribution in [3.8, 4) is 5.75 Å². The highest BCUT2D eigenvalue weighted by molar-refractivity contribution is 7.89. The molecule has 1 N–H and O–H groups in total. The van der Waals surface area contributed by atoms with Crippen LogP contribution in [0.25, 0.3) is 0 Å². The van der Waals surface area contributed by atoms with Crippen LogP contribution in [0.3, 0.4) is 0 Å². The van der Waals surface area contributed by atoms with Crippen LogP contribution in [0.1, 0.15) is 50.3 Å². The number of sulfonamides is 1. The van der Waals surface area contributed by atoms with Gasteiger partial charge in [-0.1, -0.05) is 30.3 Å². The zero-order valence-electron chi connectivity index (χ0n) is 18.3. The van der Waals surface area contributed by atoms with Crippen molar-refractivity contribution >= 4 is 15.9 Å². The minimum Gasteiger partial charge on any atom is -0.487 e. The molecule has 2 aliphatic rings. The molecule has 0 radical (unpaired) electrons. The third-order valence-electron chi connectivity index (χ3n) is 6.08. The maximum absolute atomic E-state index is 13.2. The van der Waals surface area contributed by atoms with Crippen molar-refractivity contribution in [1.82, 2.24) is 9.62 Å². The molecule has 6 nitrogen and oxygen atoms in total. The van der Waals surface area contributed by atoms with Crippen LogP contribution in [0.15, 0.2) is 53.4 Å². The summed E-state index contributed by atoms with van der Waals surface area (Å²) in [5.41, 5.74) is 1.69. The van der Waals surface area contributed by atoms with Gasteiger partial charge in [0.25, 0.3) is 0 Å². The van der Waals surface area contributed by atoms with E-state index in [0.717, 1.165) is 16.9 Å². The number of benzene rings is 2. The van der Waals surface area contributed by atoms with Crippen molar-refractivity contribution in [2.24, 2.45) is 5.92 Å². The largest absolute Gasteiger partial charge is 0.487 e. The number of carbonyl (C=O) groups excluding carboxylic acids is 1. The van der Waals surface area contributed by atoms with Crippen LogP contribution in [0, 0.1) is 12.8 Å². The normalized spacial score (nSPS) is 23.5. The van der Waals surface area contributed by atoms with Gasteiger partial charge < -0.3 is 10.1 Å². The van der Waals surface area contributed by atoms with Crippen molar-refractivity contribution in [3.05, 3.63) is 59.7 Å². The molecule has 166 valence electrons. The molecule has 0 unspecified atom stereocenters. The van der Waals surface area contributed by atoms with Gasteiger partial charge in [-0.3, -0.25) is 4.79 Å². The highest BCUT2D eigenvalue weighted by atomic mass is 32.2. The van der Waals surface area contributed by atoms with E-state index in [1.165, 1.54) is 4.31 Å². The molecule has 2 aromatic carbocycles. The van der Waals surface area contributed by atoms with Gasteiger partial charge in [0.15, 0.2) is 0 Å². The van der Waals surface area contributed by atoms with Crippen LogP contribution in [0.2, 0.25) is 0 Å². The minimum absolute atomic E-state index is 0.0952. The molecular formula is C24H30N2O4S. The van der Waals surface area contributed by atoms with Crippen molar-refractivity contribution < 1.29 is 17.9 Å². The first kappa shape index (κ1) is 21.8. The second-order valence-corrected chi connectivity index (χ2v) is 11.1. The number of piperidine rings is 1. The predicted octanol–water partition coefficient (Wildman–Crippen LogP) is 3.81. The number of carbonyl (C=O) groups is 1. The third-order valence-corrected chi connectivity index (χ3v) is 7.96. The van der Waals surface area contributed by atoms with E-state index in [-0.39, 0.29) is 29.3 Å². The molecule has 0 bridgehead atoms. The molecule has 0 spiro atoms. The Labute approximate surface area is 184 Å². The lowest BCUT2D eigenvalue weighted by molar-refractivity contribution is -0.127. The number of amides is 1. The molecule has 2 aliphatic heterocycles. The average Bonchev–Trinajstić information content (AvgIpc) is 2.73. The minimum atomic E-state index is -3.60. The Kier molecular flexibility index (Phi) is 5.83. The predicted molar refractivity (Wildman–Crippen MR) is 119 cm³/mol. The molecule has 2 atom stereocenters. The molecule has 4 rings (SSSR count). The summed E-state index contributed by atoms with van der Waals surface area (Å²) in [7, 11) is -3.60. The van der Waals surface area contributed by atoms with E-state index in [9.17, 15) is 13.2 Å². The lowest BCUT2D eigenvalue weighted by Gasteiger charge is -2.39. The Hall–Kier alpha value is -2.38. The Balaban J connectivity index is 1.50. The molecule has 7 heteroatoms. The Morgan fingerprint density at radius 1 is 1.16 bits per heavy atom. The lowest BCUT2D eigenvalue weighted by atomic mass is 9.88. The molecule has 2 heterocycles. The summed E-state index contributed by atoms with van der Waals surface area (Å²) < 4.78 is 33.6. The molecule has 2 aromatic rings. The molecule has 1 amide bonds. The van der Waals surface area contributed by atoms with Gasteiger partial charge in [-0.25, -0.2) is 8.42 Å². The first-order valence-corrected chi connectivity index (χ1v) is 12.2. The van der Waals surface area contributed by atoms with Gasteiger partial charge in [-0.2, -0.15) is 4.31 Å². The number of hydrogen-bond acceptors (Lipinski definition) is 4.